The number of hydrogen-bond acceptors (Lipinski definition) is 2. The van der Waals surface area contributed by atoms with E-state index in [2.05, 4.69) is 10.3 Å². The van der Waals surface area contributed by atoms with Crippen LogP contribution in [-0.4, -0.2) is 10.9 Å². The smallest absolute Gasteiger partial charge is 0.229 e. The Morgan fingerprint density at radius 2 is 2.50 bits per heavy atom. The second-order valence-electron chi connectivity index (χ2n) is 2.99. The summed E-state index contributed by atoms with van der Waals surface area (Å²) in [5.74, 6) is -0.0313. The van der Waals surface area contributed by atoms with E-state index in [0.29, 0.717) is 6.54 Å². The maximum Gasteiger partial charge on any atom is 0.229 e. The van der Waals surface area contributed by atoms with Crippen molar-refractivity contribution in [1.29, 1.82) is 0 Å². The van der Waals surface area contributed by atoms with E-state index in [-0.39, 0.29) is 11.8 Å². The molecule has 2 heterocycles. The predicted octanol–water partition coefficient (Wildman–Crippen LogP) is 0.815. The quantitative estimate of drug-likeness (QED) is 0.613. The molecule has 62 valence electrons. The van der Waals surface area contributed by atoms with Gasteiger partial charge < -0.3 is 5.32 Å². The first-order valence-electron chi connectivity index (χ1n) is 4.00. The molecule has 1 aliphatic rings. The van der Waals surface area contributed by atoms with Crippen LogP contribution in [-0.2, 0) is 11.3 Å². The van der Waals surface area contributed by atoms with Gasteiger partial charge >= 0.3 is 0 Å². The summed E-state index contributed by atoms with van der Waals surface area (Å²) < 4.78 is 0. The van der Waals surface area contributed by atoms with Crippen LogP contribution in [0.5, 0.6) is 0 Å². The fraction of sp³-hybridized carbons (Fsp3) is 0.333. The summed E-state index contributed by atoms with van der Waals surface area (Å²) >= 11 is 0. The van der Waals surface area contributed by atoms with E-state index in [0.717, 1.165) is 11.3 Å². The molecule has 12 heavy (non-hydrogen) atoms. The zero-order chi connectivity index (χ0) is 8.55. The Kier molecular flexibility index (Phi) is 1.57. The lowest BCUT2D eigenvalue weighted by Gasteiger charge is -2.20. The minimum absolute atomic E-state index is 0.0706. The molecular weight excluding hydrogens is 152 g/mol. The second-order valence-corrected chi connectivity index (χ2v) is 2.99. The zero-order valence-corrected chi connectivity index (χ0v) is 6.87. The Labute approximate surface area is 70.8 Å². The Hall–Kier alpha value is -1.38. The van der Waals surface area contributed by atoms with Gasteiger partial charge in [-0.1, -0.05) is 6.07 Å². The average Bonchev–Trinajstić information content (AvgIpc) is 2.12. The van der Waals surface area contributed by atoms with Crippen molar-refractivity contribution in [3.8, 4) is 0 Å². The highest BCUT2D eigenvalue weighted by Gasteiger charge is 2.23. The van der Waals surface area contributed by atoms with Crippen LogP contribution >= 0.6 is 0 Å². The molecule has 3 heteroatoms. The molecule has 0 aliphatic carbocycles. The van der Waals surface area contributed by atoms with Crippen molar-refractivity contribution < 1.29 is 4.79 Å². The molecule has 0 radical (unpaired) electrons. The first kappa shape index (κ1) is 7.28. The maximum atomic E-state index is 11.2. The third-order valence-corrected chi connectivity index (χ3v) is 2.18. The Bertz CT molecular complexity index is 322. The van der Waals surface area contributed by atoms with Gasteiger partial charge in [-0.25, -0.2) is 0 Å². The number of pyridine rings is 1. The van der Waals surface area contributed by atoms with E-state index in [1.165, 1.54) is 0 Å². The summed E-state index contributed by atoms with van der Waals surface area (Å²) in [5.41, 5.74) is 2.05. The highest BCUT2D eigenvalue weighted by Crippen LogP contribution is 2.20. The number of carbonyl (C=O) groups is 1. The van der Waals surface area contributed by atoms with Gasteiger partial charge in [0.05, 0.1) is 11.6 Å². The fourth-order valence-corrected chi connectivity index (χ4v) is 1.45. The van der Waals surface area contributed by atoms with Crippen molar-refractivity contribution in [3.63, 3.8) is 0 Å². The van der Waals surface area contributed by atoms with Crippen molar-refractivity contribution in [3.05, 3.63) is 29.6 Å². The summed E-state index contributed by atoms with van der Waals surface area (Å²) in [6.07, 6.45) is 1.73. The molecule has 1 aromatic heterocycles. The molecule has 1 atom stereocenters. The van der Waals surface area contributed by atoms with Crippen LogP contribution in [0.2, 0.25) is 0 Å². The normalized spacial score (nSPS) is 21.4. The van der Waals surface area contributed by atoms with Gasteiger partial charge in [-0.15, -0.1) is 0 Å². The van der Waals surface area contributed by atoms with Crippen LogP contribution in [0.25, 0.3) is 0 Å². The Morgan fingerprint density at radius 1 is 1.67 bits per heavy atom. The van der Waals surface area contributed by atoms with Gasteiger partial charge in [0.25, 0.3) is 0 Å². The third-order valence-electron chi connectivity index (χ3n) is 2.18. The van der Waals surface area contributed by atoms with Crippen LogP contribution in [0, 0.1) is 0 Å². The van der Waals surface area contributed by atoms with E-state index in [1.54, 1.807) is 6.20 Å². The van der Waals surface area contributed by atoms with Gasteiger partial charge in [-0.05, 0) is 18.6 Å². The lowest BCUT2D eigenvalue weighted by atomic mass is 9.97. The van der Waals surface area contributed by atoms with Crippen LogP contribution in [0.1, 0.15) is 24.1 Å². The zero-order valence-electron chi connectivity index (χ0n) is 6.87. The number of fused-ring (bicyclic) bond motifs is 1. The molecule has 1 aromatic rings. The van der Waals surface area contributed by atoms with Gasteiger partial charge in [-0.2, -0.15) is 0 Å². The van der Waals surface area contributed by atoms with Gasteiger partial charge in [0, 0.05) is 12.7 Å². The van der Waals surface area contributed by atoms with E-state index in [9.17, 15) is 4.79 Å². The van der Waals surface area contributed by atoms with E-state index in [1.807, 2.05) is 19.1 Å². The minimum Gasteiger partial charge on any atom is -0.351 e. The van der Waals surface area contributed by atoms with Crippen LogP contribution in [0.15, 0.2) is 18.3 Å². The highest BCUT2D eigenvalue weighted by molar-refractivity contribution is 5.84. The summed E-state index contributed by atoms with van der Waals surface area (Å²) in [5, 5.41) is 2.81. The molecule has 1 unspecified atom stereocenters. The number of hydrogen-bond donors (Lipinski definition) is 1. The molecule has 1 aliphatic heterocycles. The largest absolute Gasteiger partial charge is 0.351 e. The maximum absolute atomic E-state index is 11.2. The first-order chi connectivity index (χ1) is 5.79. The van der Waals surface area contributed by atoms with Crippen molar-refractivity contribution in [2.75, 3.05) is 0 Å². The SMILES string of the molecule is CC1C(=O)NCc2cccnc21. The summed E-state index contributed by atoms with van der Waals surface area (Å²) in [4.78, 5) is 15.4. The van der Waals surface area contributed by atoms with Crippen molar-refractivity contribution in [2.24, 2.45) is 0 Å². The average molecular weight is 162 g/mol. The number of nitrogens with zero attached hydrogens (tertiary/aromatic N) is 1. The van der Waals surface area contributed by atoms with Crippen molar-refractivity contribution >= 4 is 5.91 Å². The fourth-order valence-electron chi connectivity index (χ4n) is 1.45. The molecule has 2 rings (SSSR count). The van der Waals surface area contributed by atoms with Gasteiger partial charge in [-0.3, -0.25) is 9.78 Å². The molecule has 0 saturated heterocycles. The summed E-state index contributed by atoms with van der Waals surface area (Å²) in [7, 11) is 0. The number of aromatic nitrogens is 1. The standard InChI is InChI=1S/C9H10N2O/c1-6-8-7(3-2-4-10-8)5-11-9(6)12/h2-4,6H,5H2,1H3,(H,11,12). The number of rotatable bonds is 0. The van der Waals surface area contributed by atoms with E-state index in [4.69, 9.17) is 0 Å². The van der Waals surface area contributed by atoms with Gasteiger partial charge in [0.15, 0.2) is 0 Å². The molecule has 0 fully saturated rings. The van der Waals surface area contributed by atoms with E-state index < -0.39 is 0 Å². The molecule has 1 amide bonds. The monoisotopic (exact) mass is 162 g/mol. The topological polar surface area (TPSA) is 42.0 Å². The molecule has 0 spiro atoms. The number of amides is 1. The third kappa shape index (κ3) is 0.978. The molecule has 0 bridgehead atoms. The molecule has 1 N–H and O–H groups in total. The van der Waals surface area contributed by atoms with Crippen molar-refractivity contribution in [2.45, 2.75) is 19.4 Å². The number of nitrogens with one attached hydrogen (secondary N) is 1. The first-order valence-corrected chi connectivity index (χ1v) is 4.00. The minimum atomic E-state index is -0.102. The molecule has 0 saturated carbocycles. The Morgan fingerprint density at radius 3 is 3.33 bits per heavy atom. The molecule has 3 nitrogen and oxygen atoms in total. The van der Waals surface area contributed by atoms with Crippen molar-refractivity contribution in [1.82, 2.24) is 10.3 Å². The molecule has 0 aromatic carbocycles. The lowest BCUT2D eigenvalue weighted by molar-refractivity contribution is -0.122. The van der Waals surface area contributed by atoms with Crippen LogP contribution in [0.3, 0.4) is 0 Å². The predicted molar refractivity (Wildman–Crippen MR) is 44.5 cm³/mol. The van der Waals surface area contributed by atoms with Gasteiger partial charge in [0.2, 0.25) is 5.91 Å². The lowest BCUT2D eigenvalue weighted by Crippen LogP contribution is -2.33. The highest BCUT2D eigenvalue weighted by atomic mass is 16.1. The van der Waals surface area contributed by atoms with Crippen LogP contribution < -0.4 is 5.32 Å². The summed E-state index contributed by atoms with van der Waals surface area (Å²) in [6.45, 7) is 2.49. The second kappa shape index (κ2) is 2.59. The Balaban J connectivity index is 2.48. The van der Waals surface area contributed by atoms with Crippen LogP contribution in [0.4, 0.5) is 0 Å². The summed E-state index contributed by atoms with van der Waals surface area (Å²) in [6, 6.07) is 3.89. The number of carbonyl (C=O) groups excluding carboxylic acids is 1. The van der Waals surface area contributed by atoms with E-state index >= 15 is 0 Å². The van der Waals surface area contributed by atoms with Gasteiger partial charge in [0.1, 0.15) is 0 Å². The molecular formula is C9H10N2O.